The van der Waals surface area contributed by atoms with E-state index in [1.54, 1.807) is 111 Å². The van der Waals surface area contributed by atoms with Crippen LogP contribution >= 0.6 is 45.3 Å². The second-order valence-corrected chi connectivity index (χ2v) is 41.5. The number of hydrogen-bond acceptors (Lipinski definition) is 49. The quantitative estimate of drug-likeness (QED) is 0.0101. The Hall–Kier alpha value is -14.6. The molecule has 5 aliphatic rings. The number of anilines is 17. The number of tetrazole rings is 1. The van der Waals surface area contributed by atoms with E-state index in [-0.39, 0.29) is 66.9 Å². The molecule has 0 saturated carbocycles. The van der Waals surface area contributed by atoms with Crippen molar-refractivity contribution in [2.24, 2.45) is 11.8 Å². The predicted octanol–water partition coefficient (Wildman–Crippen LogP) is 12.2. The van der Waals surface area contributed by atoms with E-state index in [0.717, 1.165) is 104 Å². The lowest BCUT2D eigenvalue weighted by Gasteiger charge is -2.35. The summed E-state index contributed by atoms with van der Waals surface area (Å²) < 4.78 is 89.5. The molecule has 55 heteroatoms. The van der Waals surface area contributed by atoms with Gasteiger partial charge in [0.25, 0.3) is 10.1 Å². The Kier molecular flexibility index (Phi) is 38.7. The summed E-state index contributed by atoms with van der Waals surface area (Å²) in [4.78, 5) is 143. The minimum absolute atomic E-state index is 0.0831. The number of ketones is 1. The molecular formula is C92H116N32O17S6. The van der Waals surface area contributed by atoms with Gasteiger partial charge in [0, 0.05) is 140 Å². The molecule has 49 nitrogen and oxygen atoms in total. The van der Waals surface area contributed by atoms with E-state index in [1.165, 1.54) is 34.8 Å². The number of piperidine rings is 3. The highest BCUT2D eigenvalue weighted by molar-refractivity contribution is 7.93. The van der Waals surface area contributed by atoms with Gasteiger partial charge >= 0.3 is 30.0 Å². The van der Waals surface area contributed by atoms with Gasteiger partial charge in [0.1, 0.15) is 66.1 Å². The van der Waals surface area contributed by atoms with Crippen LogP contribution in [0.4, 0.5) is 101 Å². The molecule has 782 valence electrons. The van der Waals surface area contributed by atoms with Crippen molar-refractivity contribution in [1.82, 2.24) is 85.3 Å². The van der Waals surface area contributed by atoms with Gasteiger partial charge in [-0.1, -0.05) is 74.8 Å². The van der Waals surface area contributed by atoms with E-state index in [9.17, 15) is 56.1 Å². The van der Waals surface area contributed by atoms with Crippen LogP contribution in [0.2, 0.25) is 0 Å². The third kappa shape index (κ3) is 31.0. The Morgan fingerprint density at radius 3 is 1.29 bits per heavy atom. The van der Waals surface area contributed by atoms with Gasteiger partial charge in [0.05, 0.1) is 104 Å². The van der Waals surface area contributed by atoms with Gasteiger partial charge in [-0.15, -0.1) is 10.2 Å². The number of nitrogens with one attached hydrogen (secondary N) is 8. The highest BCUT2D eigenvalue weighted by Crippen LogP contribution is 2.37. The second kappa shape index (κ2) is 51.9. The van der Waals surface area contributed by atoms with Crippen LogP contribution in [0.1, 0.15) is 165 Å². The van der Waals surface area contributed by atoms with Crippen molar-refractivity contribution in [3.05, 3.63) is 132 Å². The van der Waals surface area contributed by atoms with Crippen molar-refractivity contribution in [2.45, 2.75) is 144 Å². The Labute approximate surface area is 865 Å². The minimum atomic E-state index is -4.25. The summed E-state index contributed by atoms with van der Waals surface area (Å²) in [5.41, 5.74) is 4.44. The third-order valence-corrected chi connectivity index (χ3v) is 29.8. The average molecular weight is 2130 g/mol. The lowest BCUT2D eigenvalue weighted by Crippen LogP contribution is -2.49. The number of carbonyl (C=O) groups is 6. The highest BCUT2D eigenvalue weighted by atomic mass is 32.2. The largest absolute Gasteiger partial charge is 0.462 e. The Balaban J connectivity index is 0.000000164. The number of Topliss-reactive ketones (excluding diaryl/α,β-unsaturated/α-hetero) is 1. The molecule has 5 fully saturated rings. The summed E-state index contributed by atoms with van der Waals surface area (Å²) >= 11 is 4.71. The van der Waals surface area contributed by atoms with Crippen LogP contribution in [0.5, 0.6) is 0 Å². The number of morpholine rings is 1. The normalized spacial score (nSPS) is 14.5. The molecule has 9 N–H and O–H groups in total. The number of nitrogens with zero attached hydrogens (tertiary/aromatic N) is 24. The first kappa shape index (κ1) is 110. The van der Waals surface area contributed by atoms with E-state index in [2.05, 4.69) is 134 Å². The van der Waals surface area contributed by atoms with Gasteiger partial charge in [-0.25, -0.2) is 52.3 Å². The van der Waals surface area contributed by atoms with Crippen LogP contribution in [0.3, 0.4) is 0 Å². The van der Waals surface area contributed by atoms with Crippen LogP contribution < -0.4 is 66.0 Å². The Bertz CT molecular complexity index is 6640. The maximum Gasteiger partial charge on any atom is 0.409 e. The number of hydrogen-bond donors (Lipinski definition) is 9. The molecular weight excluding hydrogens is 2020 g/mol. The molecule has 0 radical (unpaired) electrons. The SMILES string of the molecule is CCOC(=O)c1sc(Nc2nc(N(C)Cc3nn[nH]n3)cc(N3CCN(C(=O)OCC)CC3)n2)nc1C.CCOC(=O)c1sc(Nc2nc(N3CCC(C#N)CC3)cc(N3CCC(C#N)CC3)n2)nc1C.CCOC(=O)c1sc(Nc2nc(NCc3ccc(NS(=O)(=O)C(C)C)cc3)cc(N3CCCC(=O)C3)n2)nc1C.CCOC(=O)c1sc(Nc2nc(NCc3ccc(S(=O)(=O)O)cc3)cc(N3CCOCC3)n2)nc1C. The van der Waals surface area contributed by atoms with Gasteiger partial charge in [-0.05, 0) is 144 Å². The number of sulfonamides is 1. The first-order valence-corrected chi connectivity index (χ1v) is 53.8. The van der Waals surface area contributed by atoms with E-state index in [0.29, 0.717) is 225 Å². The zero-order valence-corrected chi connectivity index (χ0v) is 88.0. The molecule has 11 aromatic rings. The van der Waals surface area contributed by atoms with Gasteiger partial charge in [-0.3, -0.25) is 35.3 Å². The summed E-state index contributed by atoms with van der Waals surface area (Å²) in [5, 5.41) is 52.9. The predicted molar refractivity (Wildman–Crippen MR) is 555 cm³/mol. The molecule has 2 aromatic carbocycles. The number of esters is 4. The fraction of sp³-hybridized carbons (Fsp3) is 0.467. The second-order valence-electron chi connectivity index (χ2n) is 33.8. The molecule has 147 heavy (non-hydrogen) atoms. The van der Waals surface area contributed by atoms with Gasteiger partial charge in [0.2, 0.25) is 33.8 Å². The van der Waals surface area contributed by atoms with Crippen molar-refractivity contribution in [2.75, 3.05) is 198 Å². The van der Waals surface area contributed by atoms with Gasteiger partial charge < -0.3 is 73.4 Å². The number of aromatic amines is 1. The molecule has 0 spiro atoms. The van der Waals surface area contributed by atoms with E-state index >= 15 is 0 Å². The molecule has 0 atom stereocenters. The smallest absolute Gasteiger partial charge is 0.409 e. The maximum atomic E-state index is 12.2. The first-order chi connectivity index (χ1) is 70.6. The molecule has 16 rings (SSSR count). The van der Waals surface area contributed by atoms with Crippen molar-refractivity contribution >= 4 is 198 Å². The lowest BCUT2D eigenvalue weighted by molar-refractivity contribution is -0.118. The molecule has 0 aliphatic carbocycles. The summed E-state index contributed by atoms with van der Waals surface area (Å²) in [5.74, 6) is 5.66. The number of nitriles is 2. The summed E-state index contributed by atoms with van der Waals surface area (Å²) in [6.45, 7) is 30.3. The number of thiazole rings is 4. The summed E-state index contributed by atoms with van der Waals surface area (Å²) in [6.07, 6.45) is 4.21. The monoisotopic (exact) mass is 2130 g/mol. The minimum Gasteiger partial charge on any atom is -0.462 e. The molecule has 14 heterocycles. The van der Waals surface area contributed by atoms with E-state index in [1.807, 2.05) is 47.2 Å². The summed E-state index contributed by atoms with van der Waals surface area (Å²) in [6, 6.07) is 25.1. The fourth-order valence-corrected chi connectivity index (χ4v) is 19.8. The van der Waals surface area contributed by atoms with Crippen LogP contribution in [0.25, 0.3) is 0 Å². The van der Waals surface area contributed by atoms with Crippen molar-refractivity contribution in [1.29, 1.82) is 10.5 Å². The Morgan fingerprint density at radius 1 is 0.503 bits per heavy atom. The number of H-pyrrole nitrogens is 1. The topological polar surface area (TPSA) is 610 Å². The van der Waals surface area contributed by atoms with Gasteiger partial charge in [-0.2, -0.15) is 64.0 Å². The molecule has 1 amide bonds. The molecule has 5 aliphatic heterocycles. The standard InChI is InChI=1S/C26H33N7O5S2.C23H28N8O2S.C22H26N6O6S2.C21H29N11O4S/c1-5-38-24(35)23-17(4)28-26(39-23)31-25-29-21(13-22(30-25)33-12-6-7-20(34)15-33)27-14-18-8-10-19(11-9-18)32-40(36,37)16(2)3;1-3-33-21(32)20-15(2)26-23(34-20)29-22-27-18(30-8-4-16(13-24)5-9-30)12-19(28-22)31-10-6-17(14-25)7-11-31;1-3-34-20(29)19-14(2)24-22(35-19)27-21-25-17(12-18(26-21)28-8-10-33-11-9-28)23-13-15-4-6-16(7-5-15)36(30,31)32;1-5-35-18(33)17-13(3)22-20(37-17)25-19-23-15(30(4)12-14-26-28-29-27-14)11-16(24-19)31-7-9-32(10-8-31)21(34)36-6-2/h8-11,13,16,32H,5-7,12,14-15H2,1-4H3,(H2,27,28,29,30,31);12,16-17H,3-11H2,1-2H3,(H,26,27,28,29);4-7,12H,3,8-11,13H2,1-2H3,(H,30,31,32)(H2,23,24,25,26,27);11H,5-10,12H2,1-4H3,(H,22,23,24,25)(H,26,27,28,29). The third-order valence-electron chi connectivity index (χ3n) is 22.9. The number of aryl methyl sites for hydroxylation is 4. The highest BCUT2D eigenvalue weighted by Gasteiger charge is 2.32. The zero-order valence-electron chi connectivity index (χ0n) is 83.1. The number of aromatic nitrogens is 16. The molecule has 5 saturated heterocycles. The molecule has 0 unspecified atom stereocenters. The number of amides is 1. The number of rotatable bonds is 35. The van der Waals surface area contributed by atoms with Crippen LogP contribution in [-0.2, 0) is 73.0 Å². The number of benzene rings is 2. The lowest BCUT2D eigenvalue weighted by atomic mass is 9.98. The maximum absolute atomic E-state index is 12.2. The van der Waals surface area contributed by atoms with Crippen LogP contribution in [0, 0.1) is 62.2 Å². The van der Waals surface area contributed by atoms with Crippen molar-refractivity contribution in [3.8, 4) is 12.1 Å². The molecule has 9 aromatic heterocycles. The fourth-order valence-electron chi connectivity index (χ4n) is 15.2. The summed E-state index contributed by atoms with van der Waals surface area (Å²) in [7, 11) is -5.82. The van der Waals surface area contributed by atoms with Crippen LogP contribution in [-0.4, -0.2) is 280 Å². The number of piperazine rings is 1. The van der Waals surface area contributed by atoms with Gasteiger partial charge in [0.15, 0.2) is 32.1 Å². The van der Waals surface area contributed by atoms with Crippen molar-refractivity contribution in [3.63, 3.8) is 0 Å². The Morgan fingerprint density at radius 2 is 0.891 bits per heavy atom. The van der Waals surface area contributed by atoms with E-state index in [4.69, 9.17) is 47.9 Å². The number of ether oxygens (including phenoxy) is 6. The first-order valence-electron chi connectivity index (χ1n) is 47.5. The van der Waals surface area contributed by atoms with Crippen molar-refractivity contribution < 1.29 is 78.6 Å². The van der Waals surface area contributed by atoms with Crippen LogP contribution in [0.15, 0.2) is 77.7 Å². The number of carbonyl (C=O) groups excluding carboxylic acids is 6. The van der Waals surface area contributed by atoms with E-state index < -0.39 is 43.3 Å². The zero-order chi connectivity index (χ0) is 105. The average Bonchev–Trinajstić information content (AvgIpc) is 1.48. The molecule has 0 bridgehead atoms.